The van der Waals surface area contributed by atoms with Crippen molar-refractivity contribution in [2.45, 2.75) is 46.2 Å². The maximum absolute atomic E-state index is 15.2. The van der Waals surface area contributed by atoms with Gasteiger partial charge in [-0.3, -0.25) is 0 Å². The van der Waals surface area contributed by atoms with Gasteiger partial charge in [0, 0.05) is 24.3 Å². The van der Waals surface area contributed by atoms with E-state index in [-0.39, 0.29) is 48.0 Å². The Kier molecular flexibility index (Phi) is 10.5. The van der Waals surface area contributed by atoms with E-state index in [0.717, 1.165) is 18.6 Å². The summed E-state index contributed by atoms with van der Waals surface area (Å²) in [5.41, 5.74) is -3.32. The molecule has 41 heavy (non-hydrogen) atoms. The summed E-state index contributed by atoms with van der Waals surface area (Å²) in [7, 11) is 0. The van der Waals surface area contributed by atoms with Crippen molar-refractivity contribution in [2.75, 3.05) is 19.8 Å². The molecule has 5 nitrogen and oxygen atoms in total. The number of hydrogen-bond donors (Lipinski definition) is 0. The minimum Gasteiger partial charge on any atom is -0.493 e. The third-order valence-electron chi connectivity index (χ3n) is 5.48. The number of carbonyl (C=O) groups is 1. The highest BCUT2D eigenvalue weighted by atomic mass is 19.4. The summed E-state index contributed by atoms with van der Waals surface area (Å²) < 4.78 is 119. The zero-order valence-electron chi connectivity index (χ0n) is 22.4. The molecule has 0 aliphatic heterocycles. The highest BCUT2D eigenvalue weighted by molar-refractivity contribution is 5.93. The first-order chi connectivity index (χ1) is 19.4. The molecule has 0 saturated heterocycles. The molecule has 3 aromatic rings. The van der Waals surface area contributed by atoms with Gasteiger partial charge >= 0.3 is 12.1 Å². The molecule has 0 heterocycles. The second-order valence-corrected chi connectivity index (χ2v) is 8.80. The van der Waals surface area contributed by atoms with E-state index in [0.29, 0.717) is 25.2 Å². The summed E-state index contributed by atoms with van der Waals surface area (Å²) in [4.78, 5) is 12.5. The van der Waals surface area contributed by atoms with Gasteiger partial charge in [0.2, 0.25) is 0 Å². The van der Waals surface area contributed by atoms with E-state index >= 15 is 8.78 Å². The number of halogens is 7. The molecule has 0 N–H and O–H groups in total. The highest BCUT2D eigenvalue weighted by Gasteiger charge is 2.38. The topological polar surface area (TPSA) is 54.0 Å². The first-order valence-electron chi connectivity index (χ1n) is 12.7. The Balaban J connectivity index is 2.04. The molecule has 3 rings (SSSR count). The molecule has 0 aliphatic carbocycles. The van der Waals surface area contributed by atoms with Gasteiger partial charge in [0.25, 0.3) is 0 Å². The van der Waals surface area contributed by atoms with Gasteiger partial charge in [-0.2, -0.15) is 13.2 Å². The van der Waals surface area contributed by atoms with Crippen LogP contribution in [0.4, 0.5) is 30.7 Å². The van der Waals surface area contributed by atoms with Crippen LogP contribution in [0.3, 0.4) is 0 Å². The van der Waals surface area contributed by atoms with E-state index in [1.807, 2.05) is 20.8 Å². The van der Waals surface area contributed by atoms with E-state index in [1.165, 1.54) is 0 Å². The van der Waals surface area contributed by atoms with Crippen LogP contribution in [0, 0.1) is 23.3 Å². The quantitative estimate of drug-likeness (QED) is 0.121. The SMILES string of the molecule is CCCOc1cc(OCCC)c(-c2cc(F)c(C(=O)Oc3cc(F)c(C(F)(F)F)c(F)c3)c(F)c2)c(OCCC)c1. The van der Waals surface area contributed by atoms with Crippen LogP contribution in [0.25, 0.3) is 11.1 Å². The number of hydrogen-bond acceptors (Lipinski definition) is 5. The molecular weight excluding hydrogens is 561 g/mol. The minimum atomic E-state index is -5.36. The number of rotatable bonds is 12. The molecule has 3 aromatic carbocycles. The molecule has 0 fully saturated rings. The lowest BCUT2D eigenvalue weighted by Gasteiger charge is -2.19. The molecule has 0 amide bonds. The normalized spacial score (nSPS) is 11.4. The lowest BCUT2D eigenvalue weighted by molar-refractivity contribution is -0.142. The van der Waals surface area contributed by atoms with Gasteiger partial charge in [0.15, 0.2) is 0 Å². The fourth-order valence-electron chi connectivity index (χ4n) is 3.76. The second kappa shape index (κ2) is 13.6. The van der Waals surface area contributed by atoms with Crippen LogP contribution >= 0.6 is 0 Å². The number of alkyl halides is 3. The Labute approximate surface area is 231 Å². The number of esters is 1. The Morgan fingerprint density at radius 3 is 1.56 bits per heavy atom. The lowest BCUT2D eigenvalue weighted by Crippen LogP contribution is -2.16. The molecule has 222 valence electrons. The van der Waals surface area contributed by atoms with E-state index in [1.54, 1.807) is 12.1 Å². The lowest BCUT2D eigenvalue weighted by atomic mass is 10.00. The van der Waals surface area contributed by atoms with Crippen molar-refractivity contribution in [3.05, 3.63) is 70.8 Å². The zero-order chi connectivity index (χ0) is 30.3. The van der Waals surface area contributed by atoms with E-state index in [9.17, 15) is 26.7 Å². The predicted octanol–water partition coefficient (Wildman–Crippen LogP) is 8.51. The van der Waals surface area contributed by atoms with Crippen molar-refractivity contribution in [1.29, 1.82) is 0 Å². The third-order valence-corrected chi connectivity index (χ3v) is 5.48. The molecule has 0 saturated carbocycles. The van der Waals surface area contributed by atoms with E-state index < -0.39 is 52.3 Å². The van der Waals surface area contributed by atoms with Crippen molar-refractivity contribution in [3.8, 4) is 34.1 Å². The summed E-state index contributed by atoms with van der Waals surface area (Å²) in [5.74, 6) is -8.88. The van der Waals surface area contributed by atoms with Crippen molar-refractivity contribution in [3.63, 3.8) is 0 Å². The van der Waals surface area contributed by atoms with Gasteiger partial charge in [-0.05, 0) is 37.0 Å². The van der Waals surface area contributed by atoms with Crippen molar-refractivity contribution >= 4 is 5.97 Å². The molecule has 0 aliphatic rings. The van der Waals surface area contributed by atoms with Gasteiger partial charge in [-0.15, -0.1) is 0 Å². The fourth-order valence-corrected chi connectivity index (χ4v) is 3.76. The molecule has 0 aromatic heterocycles. The predicted molar refractivity (Wildman–Crippen MR) is 135 cm³/mol. The minimum absolute atomic E-state index is 0.0672. The Morgan fingerprint density at radius 2 is 1.12 bits per heavy atom. The molecule has 0 bridgehead atoms. The molecule has 0 atom stereocenters. The average molecular weight is 589 g/mol. The van der Waals surface area contributed by atoms with Crippen LogP contribution in [0.15, 0.2) is 36.4 Å². The van der Waals surface area contributed by atoms with E-state index in [4.69, 9.17) is 14.2 Å². The summed E-state index contributed by atoms with van der Waals surface area (Å²) in [6.45, 7) is 6.55. The third kappa shape index (κ3) is 7.62. The molecule has 0 radical (unpaired) electrons. The second-order valence-electron chi connectivity index (χ2n) is 8.80. The van der Waals surface area contributed by atoms with Crippen LogP contribution in [0.5, 0.6) is 23.0 Å². The maximum atomic E-state index is 15.2. The van der Waals surface area contributed by atoms with Crippen LogP contribution in [-0.4, -0.2) is 25.8 Å². The standard InChI is InChI=1S/C29H27F7O5/c1-4-7-38-17-14-23(39-8-5-2)25(24(15-17)40-9-6-3)16-10-19(30)26(20(31)11-16)28(37)41-18-12-21(32)27(22(33)13-18)29(34,35)36/h10-15H,4-9H2,1-3H3. The summed E-state index contributed by atoms with van der Waals surface area (Å²) in [6, 6.07) is 4.90. The van der Waals surface area contributed by atoms with Gasteiger partial charge in [0.1, 0.15) is 57.4 Å². The van der Waals surface area contributed by atoms with Gasteiger partial charge in [0.05, 0.1) is 25.4 Å². The van der Waals surface area contributed by atoms with Crippen LogP contribution in [-0.2, 0) is 6.18 Å². The van der Waals surface area contributed by atoms with Crippen LogP contribution in [0.1, 0.15) is 56.0 Å². The van der Waals surface area contributed by atoms with Crippen LogP contribution < -0.4 is 18.9 Å². The van der Waals surface area contributed by atoms with Gasteiger partial charge in [-0.25, -0.2) is 22.4 Å². The smallest absolute Gasteiger partial charge is 0.422 e. The molecule has 0 spiro atoms. The Hall–Kier alpha value is -3.96. The first kappa shape index (κ1) is 31.6. The maximum Gasteiger partial charge on any atom is 0.422 e. The van der Waals surface area contributed by atoms with Crippen molar-refractivity contribution < 1.29 is 54.5 Å². The van der Waals surface area contributed by atoms with Crippen molar-refractivity contribution in [1.82, 2.24) is 0 Å². The van der Waals surface area contributed by atoms with Gasteiger partial charge in [-0.1, -0.05) is 20.8 Å². The summed E-state index contributed by atoms with van der Waals surface area (Å²) in [6.07, 6.45) is -3.41. The number of carbonyl (C=O) groups excluding carboxylic acids is 1. The fraction of sp³-hybridized carbons (Fsp3) is 0.345. The summed E-state index contributed by atoms with van der Waals surface area (Å²) >= 11 is 0. The average Bonchev–Trinajstić information content (AvgIpc) is 2.87. The van der Waals surface area contributed by atoms with Crippen LogP contribution in [0.2, 0.25) is 0 Å². The molecule has 0 unspecified atom stereocenters. The first-order valence-corrected chi connectivity index (χ1v) is 12.7. The summed E-state index contributed by atoms with van der Waals surface area (Å²) in [5, 5.41) is 0. The van der Waals surface area contributed by atoms with E-state index in [2.05, 4.69) is 4.74 Å². The largest absolute Gasteiger partial charge is 0.493 e. The zero-order valence-corrected chi connectivity index (χ0v) is 22.4. The number of benzene rings is 3. The number of ether oxygens (including phenoxy) is 4. The van der Waals surface area contributed by atoms with Crippen molar-refractivity contribution in [2.24, 2.45) is 0 Å². The molecular formula is C29H27F7O5. The monoisotopic (exact) mass is 588 g/mol. The Bertz CT molecular complexity index is 1310. The Morgan fingerprint density at radius 1 is 0.659 bits per heavy atom. The molecule has 12 heteroatoms. The highest BCUT2D eigenvalue weighted by Crippen LogP contribution is 2.43. The van der Waals surface area contributed by atoms with Gasteiger partial charge < -0.3 is 18.9 Å².